The molecule has 15 rings (SSSR count). The normalized spacial score (nSPS) is 13.2. The monoisotopic (exact) mass is 1180 g/mol. The topological polar surface area (TPSA) is 95.8 Å². The van der Waals surface area contributed by atoms with Crippen LogP contribution in [0, 0.1) is 0 Å². The summed E-state index contributed by atoms with van der Waals surface area (Å²) in [7, 11) is -0.401. The minimum Gasteiger partial charge on any atom is -0.399 e. The van der Waals surface area contributed by atoms with Gasteiger partial charge in [0.05, 0.1) is 11.2 Å². The van der Waals surface area contributed by atoms with E-state index in [1.54, 1.807) is 0 Å². The fourth-order valence-corrected chi connectivity index (χ4v) is 11.4. The summed E-state index contributed by atoms with van der Waals surface area (Å²) in [6, 6.07) is 95.3. The highest BCUT2D eigenvalue weighted by Gasteiger charge is 2.51. The van der Waals surface area contributed by atoms with E-state index in [0.29, 0.717) is 34.9 Å². The Bertz CT molecular complexity index is 4470. The van der Waals surface area contributed by atoms with Gasteiger partial charge in [0.2, 0.25) is 0 Å². The van der Waals surface area contributed by atoms with E-state index in [-0.39, 0.29) is 11.2 Å². The van der Waals surface area contributed by atoms with Gasteiger partial charge in [0.1, 0.15) is 0 Å². The fourth-order valence-electron chi connectivity index (χ4n) is 10.7. The quantitative estimate of drug-likeness (QED) is 0.110. The molecule has 0 atom stereocenters. The van der Waals surface area contributed by atoms with Gasteiger partial charge in [-0.3, -0.25) is 0 Å². The van der Waals surface area contributed by atoms with Crippen molar-refractivity contribution in [3.8, 4) is 79.5 Å². The predicted molar refractivity (Wildman–Crippen MR) is 358 cm³/mol. The molecule has 12 aromatic carbocycles. The van der Waals surface area contributed by atoms with Crippen LogP contribution in [0.15, 0.2) is 284 Å². The van der Waals surface area contributed by atoms with Crippen LogP contribution in [0.5, 0.6) is 0 Å². The van der Waals surface area contributed by atoms with Crippen molar-refractivity contribution in [2.75, 3.05) is 0 Å². The smallest absolute Gasteiger partial charge is 0.399 e. The van der Waals surface area contributed by atoms with Crippen LogP contribution in [0.25, 0.3) is 123 Å². The Labute approximate surface area is 509 Å². The van der Waals surface area contributed by atoms with E-state index in [4.69, 9.17) is 39.2 Å². The number of hydrogen-bond acceptors (Lipinski definition) is 8. The summed E-state index contributed by atoms with van der Waals surface area (Å²) in [4.78, 5) is 28.9. The van der Waals surface area contributed by atoms with Crippen LogP contribution >= 0.6 is 15.9 Å². The first kappa shape index (κ1) is 55.4. The highest BCUT2D eigenvalue weighted by molar-refractivity contribution is 9.10. The summed E-state index contributed by atoms with van der Waals surface area (Å²) in [5.74, 6) is 3.91. The summed E-state index contributed by atoms with van der Waals surface area (Å²) in [5, 5.41) is 10.1. The van der Waals surface area contributed by atoms with Crippen LogP contribution in [-0.2, 0) is 9.31 Å². The molecule has 0 N–H and O–H groups in total. The van der Waals surface area contributed by atoms with E-state index in [1.807, 2.05) is 146 Å². The highest BCUT2D eigenvalue weighted by Crippen LogP contribution is 2.39. The molecule has 8 nitrogen and oxygen atoms in total. The van der Waals surface area contributed by atoms with Crippen LogP contribution in [0.2, 0.25) is 0 Å². The van der Waals surface area contributed by atoms with Crippen LogP contribution < -0.4 is 5.46 Å². The molecule has 0 radical (unpaired) electrons. The fraction of sp³-hybridized carbons (Fsp3) is 0.0789. The van der Waals surface area contributed by atoms with E-state index in [1.165, 1.54) is 58.7 Å². The van der Waals surface area contributed by atoms with Crippen molar-refractivity contribution >= 4 is 71.6 Å². The van der Waals surface area contributed by atoms with Gasteiger partial charge >= 0.3 is 7.12 Å². The Balaban J connectivity index is 0.000000130. The van der Waals surface area contributed by atoms with Gasteiger partial charge < -0.3 is 9.31 Å². The number of hydrogen-bond donors (Lipinski definition) is 0. The number of benzene rings is 12. The van der Waals surface area contributed by atoms with Crippen molar-refractivity contribution < 1.29 is 9.31 Å². The molecule has 0 aliphatic carbocycles. The van der Waals surface area contributed by atoms with E-state index in [2.05, 4.69) is 177 Å². The van der Waals surface area contributed by atoms with Crippen LogP contribution in [-0.4, -0.2) is 48.2 Å². The Morgan fingerprint density at radius 2 is 0.523 bits per heavy atom. The third-order valence-corrected chi connectivity index (χ3v) is 16.9. The molecule has 2 aromatic heterocycles. The predicted octanol–water partition coefficient (Wildman–Crippen LogP) is 18.8. The molecule has 86 heavy (non-hydrogen) atoms. The van der Waals surface area contributed by atoms with Crippen molar-refractivity contribution in [3.05, 3.63) is 284 Å². The second-order valence-corrected chi connectivity index (χ2v) is 23.0. The summed E-state index contributed by atoms with van der Waals surface area (Å²) in [5.41, 5.74) is 8.33. The van der Waals surface area contributed by atoms with Crippen LogP contribution in [0.3, 0.4) is 0 Å². The molecule has 0 amide bonds. The van der Waals surface area contributed by atoms with Crippen molar-refractivity contribution in [2.24, 2.45) is 0 Å². The number of rotatable bonds is 8. The van der Waals surface area contributed by atoms with Gasteiger partial charge in [0.15, 0.2) is 34.9 Å². The minimum absolute atomic E-state index is 0.375. The third-order valence-electron chi connectivity index (χ3n) is 16.0. The Morgan fingerprint density at radius 1 is 0.279 bits per heavy atom. The lowest BCUT2D eigenvalue weighted by Crippen LogP contribution is -2.41. The molecule has 0 saturated carbocycles. The second-order valence-electron chi connectivity index (χ2n) is 22.2. The Morgan fingerprint density at radius 3 is 0.849 bits per heavy atom. The zero-order valence-corrected chi connectivity index (χ0v) is 49.6. The van der Waals surface area contributed by atoms with Crippen molar-refractivity contribution in [1.82, 2.24) is 29.9 Å². The van der Waals surface area contributed by atoms with Crippen LogP contribution in [0.1, 0.15) is 27.7 Å². The molecule has 1 aliphatic heterocycles. The van der Waals surface area contributed by atoms with Crippen molar-refractivity contribution in [3.63, 3.8) is 0 Å². The Kier molecular flexibility index (Phi) is 15.5. The van der Waals surface area contributed by atoms with Crippen molar-refractivity contribution in [1.29, 1.82) is 0 Å². The third kappa shape index (κ3) is 11.6. The molecule has 1 saturated heterocycles. The lowest BCUT2D eigenvalue weighted by Gasteiger charge is -2.32. The lowest BCUT2D eigenvalue weighted by atomic mass is 9.79. The first-order valence-corrected chi connectivity index (χ1v) is 29.6. The summed E-state index contributed by atoms with van der Waals surface area (Å²) in [6.07, 6.45) is 0. The molecule has 414 valence electrons. The van der Waals surface area contributed by atoms with Crippen molar-refractivity contribution in [2.45, 2.75) is 38.9 Å². The molecule has 1 fully saturated rings. The molecule has 0 unspecified atom stereocenters. The summed E-state index contributed by atoms with van der Waals surface area (Å²) >= 11 is 3.68. The van der Waals surface area contributed by atoms with E-state index in [9.17, 15) is 0 Å². The van der Waals surface area contributed by atoms with Gasteiger partial charge in [-0.25, -0.2) is 29.9 Å². The maximum absolute atomic E-state index is 6.19. The summed E-state index contributed by atoms with van der Waals surface area (Å²) < 4.78 is 13.6. The zero-order chi connectivity index (χ0) is 58.6. The van der Waals surface area contributed by atoms with Gasteiger partial charge in [0.25, 0.3) is 0 Å². The molecule has 10 heteroatoms. The molecular formula is C76H58BBrN6O2. The zero-order valence-electron chi connectivity index (χ0n) is 48.0. The summed E-state index contributed by atoms with van der Waals surface area (Å²) in [6.45, 7) is 8.23. The SMILES string of the molecule is Brc1c2ccccc2cc2ccccc12.CC1(C)OB(c2ccc(-c3nc(-c4ccccc4)nc(-c4ccccc4)n3)cc2)OC1(C)C.c1ccc(-c2nc(-c3ccccc3)nc(-c3ccc(-c4c5ccccc5cc5ccccc45)cc3)n2)cc1. The maximum Gasteiger partial charge on any atom is 0.494 e. The standard InChI is InChI=1S/C35H23N3.C27H26BN3O2.C14H9Br/c1-3-11-25(12-4-1)33-36-34(26-13-5-2-6-14-26)38-35(37-33)27-21-19-24(20-22-27)32-30-17-9-7-15-28(30)23-29-16-8-10-18-31(29)32;1-26(2)27(3,4)33-28(32-26)22-17-15-21(16-18-22)25-30-23(19-11-7-5-8-12-19)29-24(31-25)20-13-9-6-10-14-20;15-14-12-7-3-1-5-10(12)9-11-6-2-4-8-13(11)14/h1-23H;5-18H,1-4H3;1-9H. The molecular weight excluding hydrogens is 1120 g/mol. The number of aromatic nitrogens is 6. The molecule has 0 bridgehead atoms. The molecule has 0 spiro atoms. The van der Waals surface area contributed by atoms with Gasteiger partial charge in [-0.1, -0.05) is 267 Å². The number of fused-ring (bicyclic) bond motifs is 4. The number of halogens is 1. The van der Waals surface area contributed by atoms with Gasteiger partial charge in [-0.15, -0.1) is 0 Å². The molecule has 1 aliphatic rings. The van der Waals surface area contributed by atoms with Gasteiger partial charge in [-0.2, -0.15) is 0 Å². The maximum atomic E-state index is 6.19. The average molecular weight is 1180 g/mol. The second kappa shape index (κ2) is 24.0. The van der Waals surface area contributed by atoms with E-state index < -0.39 is 7.12 Å². The van der Waals surface area contributed by atoms with E-state index in [0.717, 1.165) is 38.8 Å². The Hall–Kier alpha value is -9.84. The van der Waals surface area contributed by atoms with E-state index >= 15 is 0 Å². The largest absolute Gasteiger partial charge is 0.494 e. The molecule has 3 heterocycles. The minimum atomic E-state index is -0.401. The lowest BCUT2D eigenvalue weighted by molar-refractivity contribution is 0.00578. The average Bonchev–Trinajstić information content (AvgIpc) is 1.52. The molecule has 14 aromatic rings. The van der Waals surface area contributed by atoms with Crippen LogP contribution in [0.4, 0.5) is 0 Å². The first-order chi connectivity index (χ1) is 42.0. The first-order valence-electron chi connectivity index (χ1n) is 28.8. The van der Waals surface area contributed by atoms with Gasteiger partial charge in [-0.05, 0) is 115 Å². The highest BCUT2D eigenvalue weighted by atomic mass is 79.9. The van der Waals surface area contributed by atoms with Gasteiger partial charge in [0, 0.05) is 37.9 Å². The number of nitrogens with zero attached hydrogens (tertiary/aromatic N) is 6.